The van der Waals surface area contributed by atoms with E-state index in [2.05, 4.69) is 4.90 Å². The van der Waals surface area contributed by atoms with Crippen molar-refractivity contribution in [3.05, 3.63) is 71.7 Å². The highest BCUT2D eigenvalue weighted by atomic mass is 19.1. The van der Waals surface area contributed by atoms with Gasteiger partial charge < -0.3 is 19.3 Å². The lowest BCUT2D eigenvalue weighted by Gasteiger charge is -2.27. The molecule has 1 N–H and O–H groups in total. The van der Waals surface area contributed by atoms with Gasteiger partial charge in [0.15, 0.2) is 11.6 Å². The second-order valence-corrected chi connectivity index (χ2v) is 9.45. The number of para-hydroxylation sites is 2. The summed E-state index contributed by atoms with van der Waals surface area (Å²) in [5.41, 5.74) is 2.02. The van der Waals surface area contributed by atoms with Gasteiger partial charge in [-0.25, -0.2) is 9.07 Å². The fraction of sp³-hybridized carbons (Fsp3) is 0.444. The summed E-state index contributed by atoms with van der Waals surface area (Å²) in [4.78, 5) is 2.06. The fourth-order valence-electron chi connectivity index (χ4n) is 3.58. The molecule has 0 radical (unpaired) electrons. The number of aromatic nitrogens is 2. The second-order valence-electron chi connectivity index (χ2n) is 9.45. The first-order chi connectivity index (χ1) is 16.7. The maximum Gasteiger partial charge on any atom is 0.227 e. The average Bonchev–Trinajstić information content (AvgIpc) is 3.12. The molecule has 7 nitrogen and oxygen atoms in total. The van der Waals surface area contributed by atoms with Crippen molar-refractivity contribution in [3.8, 4) is 17.3 Å². The Morgan fingerprint density at radius 1 is 1.09 bits per heavy atom. The van der Waals surface area contributed by atoms with Crippen LogP contribution in [0.5, 0.6) is 11.6 Å². The summed E-state index contributed by atoms with van der Waals surface area (Å²) < 4.78 is 33.4. The topological polar surface area (TPSA) is 69.0 Å². The van der Waals surface area contributed by atoms with Gasteiger partial charge in [-0.3, -0.25) is 4.90 Å². The lowest BCUT2D eigenvalue weighted by atomic mass is 10.2. The minimum Gasteiger partial charge on any atom is -0.435 e. The van der Waals surface area contributed by atoms with Crippen LogP contribution in [-0.2, 0) is 16.0 Å². The number of hydrogen-bond acceptors (Lipinski definition) is 6. The Morgan fingerprint density at radius 2 is 1.77 bits per heavy atom. The monoisotopic (exact) mass is 485 g/mol. The number of aliphatic hydroxyl groups excluding tert-OH is 1. The molecule has 0 aliphatic heterocycles. The molecule has 3 rings (SSSR count). The van der Waals surface area contributed by atoms with Gasteiger partial charge in [-0.2, -0.15) is 5.10 Å². The number of halogens is 1. The molecule has 0 saturated carbocycles. The molecule has 8 heteroatoms. The normalized spacial score (nSPS) is 12.8. The van der Waals surface area contributed by atoms with E-state index in [4.69, 9.17) is 19.3 Å². The molecular formula is C27H36FN3O4. The number of ether oxygens (including phenoxy) is 3. The molecule has 190 valence electrons. The molecule has 1 heterocycles. The van der Waals surface area contributed by atoms with Crippen LogP contribution in [0.15, 0.2) is 54.6 Å². The average molecular weight is 486 g/mol. The van der Waals surface area contributed by atoms with Crippen molar-refractivity contribution < 1.29 is 23.7 Å². The molecule has 3 aromatic rings. The molecule has 0 amide bonds. The summed E-state index contributed by atoms with van der Waals surface area (Å²) in [6.45, 7) is 9.85. The van der Waals surface area contributed by atoms with Gasteiger partial charge >= 0.3 is 0 Å². The SMILES string of the molecule is COCCN(Cc1c(C)nn(-c2ccccc2)c1Oc1ccccc1F)C[C@H](O)COC(C)(C)C. The Bertz CT molecular complexity index is 1070. The molecule has 0 saturated heterocycles. The van der Waals surface area contributed by atoms with Crippen LogP contribution in [0.4, 0.5) is 4.39 Å². The van der Waals surface area contributed by atoms with E-state index in [1.54, 1.807) is 30.0 Å². The number of nitrogens with zero attached hydrogens (tertiary/aromatic N) is 3. The molecule has 0 fully saturated rings. The van der Waals surface area contributed by atoms with Crippen LogP contribution >= 0.6 is 0 Å². The summed E-state index contributed by atoms with van der Waals surface area (Å²) >= 11 is 0. The Balaban J connectivity index is 1.93. The van der Waals surface area contributed by atoms with Crippen LogP contribution < -0.4 is 4.74 Å². The quantitative estimate of drug-likeness (QED) is 0.400. The first kappa shape index (κ1) is 26.8. The highest BCUT2D eigenvalue weighted by Crippen LogP contribution is 2.32. The standard InChI is InChI=1S/C27H36FN3O4/c1-20-23(18-30(15-16-33-5)17-22(32)19-34-27(2,3)4)26(35-25-14-10-9-13-24(25)28)31(29-20)21-11-7-6-8-12-21/h6-14,22,32H,15-19H2,1-5H3/t22-/m0/s1. The van der Waals surface area contributed by atoms with Crippen molar-refractivity contribution in [1.82, 2.24) is 14.7 Å². The lowest BCUT2D eigenvalue weighted by Crippen LogP contribution is -2.38. The minimum atomic E-state index is -0.688. The third-order valence-electron chi connectivity index (χ3n) is 5.35. The molecule has 2 aromatic carbocycles. The Morgan fingerprint density at radius 3 is 2.43 bits per heavy atom. The number of benzene rings is 2. The minimum absolute atomic E-state index is 0.118. The number of aryl methyl sites for hydroxylation is 1. The van der Waals surface area contributed by atoms with Gasteiger partial charge in [0.1, 0.15) is 0 Å². The Kier molecular flexibility index (Phi) is 9.40. The van der Waals surface area contributed by atoms with Gasteiger partial charge in [-0.15, -0.1) is 0 Å². The summed E-state index contributed by atoms with van der Waals surface area (Å²) in [5.74, 6) is 0.0948. The van der Waals surface area contributed by atoms with E-state index in [1.807, 2.05) is 58.0 Å². The van der Waals surface area contributed by atoms with Gasteiger partial charge in [0.25, 0.3) is 0 Å². The number of aliphatic hydroxyl groups is 1. The van der Waals surface area contributed by atoms with Gasteiger partial charge in [0.2, 0.25) is 5.88 Å². The van der Waals surface area contributed by atoms with E-state index >= 15 is 0 Å². The number of hydrogen-bond donors (Lipinski definition) is 1. The summed E-state index contributed by atoms with van der Waals surface area (Å²) in [7, 11) is 1.64. The zero-order chi connectivity index (χ0) is 25.4. The third-order valence-corrected chi connectivity index (χ3v) is 5.35. The van der Waals surface area contributed by atoms with Crippen molar-refractivity contribution in [2.75, 3.05) is 33.4 Å². The number of rotatable bonds is 12. The maximum atomic E-state index is 14.5. The highest BCUT2D eigenvalue weighted by Gasteiger charge is 2.24. The van der Waals surface area contributed by atoms with Gasteiger partial charge in [-0.1, -0.05) is 30.3 Å². The van der Waals surface area contributed by atoms with Crippen LogP contribution in [0.3, 0.4) is 0 Å². The molecule has 0 unspecified atom stereocenters. The molecular weight excluding hydrogens is 449 g/mol. The van der Waals surface area contributed by atoms with Crippen LogP contribution in [0.1, 0.15) is 32.0 Å². The van der Waals surface area contributed by atoms with Crippen LogP contribution in [-0.4, -0.2) is 64.9 Å². The van der Waals surface area contributed by atoms with Crippen LogP contribution in [0, 0.1) is 12.7 Å². The molecule has 1 aromatic heterocycles. The highest BCUT2D eigenvalue weighted by molar-refractivity contribution is 5.43. The Hall–Kier alpha value is -2.78. The van der Waals surface area contributed by atoms with Gasteiger partial charge in [0, 0.05) is 26.7 Å². The predicted octanol–water partition coefficient (Wildman–Crippen LogP) is 4.74. The molecule has 0 bridgehead atoms. The van der Waals surface area contributed by atoms with E-state index in [0.29, 0.717) is 32.1 Å². The molecule has 35 heavy (non-hydrogen) atoms. The van der Waals surface area contributed by atoms with Crippen molar-refractivity contribution in [3.63, 3.8) is 0 Å². The largest absolute Gasteiger partial charge is 0.435 e. The third kappa shape index (κ3) is 7.86. The predicted molar refractivity (Wildman–Crippen MR) is 134 cm³/mol. The van der Waals surface area contributed by atoms with Crippen LogP contribution in [0.25, 0.3) is 5.69 Å². The Labute approximate surface area is 207 Å². The van der Waals surface area contributed by atoms with E-state index < -0.39 is 11.9 Å². The second kappa shape index (κ2) is 12.3. The van der Waals surface area contributed by atoms with Crippen molar-refractivity contribution >= 4 is 0 Å². The zero-order valence-electron chi connectivity index (χ0n) is 21.2. The van der Waals surface area contributed by atoms with E-state index in [0.717, 1.165) is 16.9 Å². The van der Waals surface area contributed by atoms with E-state index in [-0.39, 0.29) is 18.0 Å². The first-order valence-electron chi connectivity index (χ1n) is 11.8. The zero-order valence-corrected chi connectivity index (χ0v) is 21.2. The molecule has 0 aliphatic carbocycles. The summed E-state index contributed by atoms with van der Waals surface area (Å²) in [6.07, 6.45) is -0.688. The van der Waals surface area contributed by atoms with Crippen LogP contribution in [0.2, 0.25) is 0 Å². The molecule has 1 atom stereocenters. The van der Waals surface area contributed by atoms with E-state index in [9.17, 15) is 9.50 Å². The van der Waals surface area contributed by atoms with Crippen molar-refractivity contribution in [2.24, 2.45) is 0 Å². The van der Waals surface area contributed by atoms with E-state index in [1.165, 1.54) is 6.07 Å². The smallest absolute Gasteiger partial charge is 0.227 e. The van der Waals surface area contributed by atoms with Crippen molar-refractivity contribution in [2.45, 2.75) is 45.9 Å². The maximum absolute atomic E-state index is 14.5. The van der Waals surface area contributed by atoms with Crippen molar-refractivity contribution in [1.29, 1.82) is 0 Å². The lowest BCUT2D eigenvalue weighted by molar-refractivity contribution is -0.0577. The van der Waals surface area contributed by atoms with Gasteiger partial charge in [0.05, 0.1) is 41.9 Å². The van der Waals surface area contributed by atoms with Gasteiger partial charge in [-0.05, 0) is 52.0 Å². The summed E-state index contributed by atoms with van der Waals surface area (Å²) in [6, 6.07) is 15.9. The number of methoxy groups -OCH3 is 1. The summed E-state index contributed by atoms with van der Waals surface area (Å²) in [5, 5.41) is 15.4. The fourth-order valence-corrected chi connectivity index (χ4v) is 3.58. The molecule has 0 spiro atoms. The first-order valence-corrected chi connectivity index (χ1v) is 11.8. The molecule has 0 aliphatic rings.